The van der Waals surface area contributed by atoms with Crippen LogP contribution in [0.1, 0.15) is 12.0 Å². The highest BCUT2D eigenvalue weighted by atomic mass is 16.7. The lowest BCUT2D eigenvalue weighted by Gasteiger charge is -2.22. The largest absolute Gasteiger partial charge is 0.346 e. The number of hydrogen-bond acceptors (Lipinski definition) is 3. The van der Waals surface area contributed by atoms with Crippen molar-refractivity contribution in [3.05, 3.63) is 35.9 Å². The van der Waals surface area contributed by atoms with Crippen LogP contribution >= 0.6 is 0 Å². The molecule has 0 saturated carbocycles. The molecule has 3 rings (SSSR count). The number of benzene rings is 1. The maximum atomic E-state index is 5.71. The normalized spacial score (nSPS) is 24.2. The topological polar surface area (TPSA) is 21.7 Å². The Labute approximate surface area is 96.0 Å². The van der Waals surface area contributed by atoms with E-state index in [-0.39, 0.29) is 5.79 Å². The molecule has 3 nitrogen and oxygen atoms in total. The van der Waals surface area contributed by atoms with Gasteiger partial charge < -0.3 is 9.47 Å². The molecule has 1 aromatic rings. The van der Waals surface area contributed by atoms with Crippen molar-refractivity contribution in [1.82, 2.24) is 4.90 Å². The van der Waals surface area contributed by atoms with Gasteiger partial charge in [-0.1, -0.05) is 30.3 Å². The summed E-state index contributed by atoms with van der Waals surface area (Å²) in [5, 5.41) is 0. The Hall–Kier alpha value is -0.900. The van der Waals surface area contributed by atoms with E-state index in [2.05, 4.69) is 35.2 Å². The summed E-state index contributed by atoms with van der Waals surface area (Å²) in [6.07, 6.45) is 1.000. The number of ether oxygens (including phenoxy) is 2. The van der Waals surface area contributed by atoms with E-state index in [4.69, 9.17) is 9.47 Å². The zero-order valence-corrected chi connectivity index (χ0v) is 9.39. The standard InChI is InChI=1S/C13H17NO2/c1-2-4-12(5-3-1)10-14-7-6-13(11-14)15-8-9-16-13/h1-5H,6-11H2. The molecule has 2 fully saturated rings. The molecule has 2 aliphatic heterocycles. The molecule has 16 heavy (non-hydrogen) atoms. The van der Waals surface area contributed by atoms with Gasteiger partial charge in [-0.2, -0.15) is 0 Å². The van der Waals surface area contributed by atoms with Gasteiger partial charge in [-0.15, -0.1) is 0 Å². The van der Waals surface area contributed by atoms with Gasteiger partial charge in [0.2, 0.25) is 0 Å². The van der Waals surface area contributed by atoms with Crippen LogP contribution in [0.3, 0.4) is 0 Å². The first-order chi connectivity index (χ1) is 7.86. The van der Waals surface area contributed by atoms with Gasteiger partial charge in [0.25, 0.3) is 0 Å². The van der Waals surface area contributed by atoms with Crippen molar-refractivity contribution in [3.8, 4) is 0 Å². The van der Waals surface area contributed by atoms with Gasteiger partial charge in [0.05, 0.1) is 19.8 Å². The highest BCUT2D eigenvalue weighted by Gasteiger charge is 2.42. The molecule has 1 aromatic carbocycles. The van der Waals surface area contributed by atoms with Crippen molar-refractivity contribution in [3.63, 3.8) is 0 Å². The van der Waals surface area contributed by atoms with E-state index in [0.717, 1.165) is 39.3 Å². The Morgan fingerprint density at radius 3 is 2.62 bits per heavy atom. The molecular weight excluding hydrogens is 202 g/mol. The maximum Gasteiger partial charge on any atom is 0.182 e. The van der Waals surface area contributed by atoms with Gasteiger partial charge >= 0.3 is 0 Å². The first-order valence-electron chi connectivity index (χ1n) is 5.91. The summed E-state index contributed by atoms with van der Waals surface area (Å²) in [7, 11) is 0. The summed E-state index contributed by atoms with van der Waals surface area (Å²) in [6, 6.07) is 10.6. The monoisotopic (exact) mass is 219 g/mol. The molecule has 2 saturated heterocycles. The summed E-state index contributed by atoms with van der Waals surface area (Å²) < 4.78 is 11.4. The minimum Gasteiger partial charge on any atom is -0.346 e. The summed E-state index contributed by atoms with van der Waals surface area (Å²) in [5.74, 6) is -0.283. The molecule has 0 radical (unpaired) electrons. The lowest BCUT2D eigenvalue weighted by atomic mass is 10.2. The van der Waals surface area contributed by atoms with E-state index < -0.39 is 0 Å². The molecule has 0 aromatic heterocycles. The zero-order valence-electron chi connectivity index (χ0n) is 9.39. The van der Waals surface area contributed by atoms with Gasteiger partial charge in [0, 0.05) is 19.5 Å². The molecule has 0 atom stereocenters. The van der Waals surface area contributed by atoms with Gasteiger partial charge in [0.15, 0.2) is 5.79 Å². The van der Waals surface area contributed by atoms with Crippen LogP contribution in [0.4, 0.5) is 0 Å². The molecule has 0 aliphatic carbocycles. The molecule has 2 aliphatic rings. The van der Waals surface area contributed by atoms with Crippen LogP contribution in [-0.4, -0.2) is 37.0 Å². The highest BCUT2D eigenvalue weighted by Crippen LogP contribution is 2.31. The molecule has 0 amide bonds. The third-order valence-electron chi connectivity index (χ3n) is 3.34. The van der Waals surface area contributed by atoms with Crippen molar-refractivity contribution >= 4 is 0 Å². The van der Waals surface area contributed by atoms with Crippen LogP contribution in [0.2, 0.25) is 0 Å². The summed E-state index contributed by atoms with van der Waals surface area (Å²) >= 11 is 0. The van der Waals surface area contributed by atoms with Crippen LogP contribution in [0.25, 0.3) is 0 Å². The summed E-state index contributed by atoms with van der Waals surface area (Å²) in [4.78, 5) is 2.40. The van der Waals surface area contributed by atoms with Crippen molar-refractivity contribution in [2.24, 2.45) is 0 Å². The lowest BCUT2D eigenvalue weighted by Crippen LogP contribution is -2.34. The Kier molecular flexibility index (Phi) is 2.67. The molecule has 0 unspecified atom stereocenters. The molecule has 0 bridgehead atoms. The smallest absolute Gasteiger partial charge is 0.182 e. The maximum absolute atomic E-state index is 5.71. The minimum atomic E-state index is -0.283. The third-order valence-corrected chi connectivity index (χ3v) is 3.34. The fraction of sp³-hybridized carbons (Fsp3) is 0.538. The zero-order chi connectivity index (χ0) is 10.8. The van der Waals surface area contributed by atoms with E-state index in [1.165, 1.54) is 5.56 Å². The fourth-order valence-electron chi connectivity index (χ4n) is 2.54. The Morgan fingerprint density at radius 2 is 1.88 bits per heavy atom. The lowest BCUT2D eigenvalue weighted by molar-refractivity contribution is -0.145. The van der Waals surface area contributed by atoms with E-state index in [9.17, 15) is 0 Å². The molecular formula is C13H17NO2. The van der Waals surface area contributed by atoms with Crippen molar-refractivity contribution in [2.45, 2.75) is 18.8 Å². The second kappa shape index (κ2) is 4.17. The van der Waals surface area contributed by atoms with Crippen molar-refractivity contribution < 1.29 is 9.47 Å². The first kappa shape index (κ1) is 10.3. The van der Waals surface area contributed by atoms with Crippen LogP contribution in [-0.2, 0) is 16.0 Å². The average Bonchev–Trinajstić information content (AvgIpc) is 2.92. The highest BCUT2D eigenvalue weighted by molar-refractivity contribution is 5.14. The van der Waals surface area contributed by atoms with Crippen LogP contribution in [0, 0.1) is 0 Å². The van der Waals surface area contributed by atoms with Gasteiger partial charge in [-0.05, 0) is 5.56 Å². The number of rotatable bonds is 2. The quantitative estimate of drug-likeness (QED) is 0.754. The fourth-order valence-corrected chi connectivity index (χ4v) is 2.54. The van der Waals surface area contributed by atoms with Gasteiger partial charge in [-0.3, -0.25) is 4.90 Å². The number of nitrogens with zero attached hydrogens (tertiary/aromatic N) is 1. The average molecular weight is 219 g/mol. The SMILES string of the molecule is c1ccc(CN2CCC3(C2)OCCO3)cc1. The molecule has 2 heterocycles. The second-order valence-corrected chi connectivity index (χ2v) is 4.55. The molecule has 0 N–H and O–H groups in total. The summed E-state index contributed by atoms with van der Waals surface area (Å²) in [5.41, 5.74) is 1.36. The Morgan fingerprint density at radius 1 is 1.12 bits per heavy atom. The minimum absolute atomic E-state index is 0.283. The van der Waals surface area contributed by atoms with Crippen LogP contribution in [0.5, 0.6) is 0 Å². The van der Waals surface area contributed by atoms with E-state index in [0.29, 0.717) is 0 Å². The predicted octanol–water partition coefficient (Wildman–Crippen LogP) is 1.64. The van der Waals surface area contributed by atoms with E-state index in [1.807, 2.05) is 0 Å². The Balaban J connectivity index is 1.62. The first-order valence-corrected chi connectivity index (χ1v) is 5.91. The third kappa shape index (κ3) is 1.98. The van der Waals surface area contributed by atoms with Gasteiger partial charge in [-0.25, -0.2) is 0 Å². The van der Waals surface area contributed by atoms with Crippen molar-refractivity contribution in [1.29, 1.82) is 0 Å². The number of hydrogen-bond donors (Lipinski definition) is 0. The van der Waals surface area contributed by atoms with E-state index >= 15 is 0 Å². The second-order valence-electron chi connectivity index (χ2n) is 4.55. The van der Waals surface area contributed by atoms with Crippen LogP contribution in [0.15, 0.2) is 30.3 Å². The summed E-state index contributed by atoms with van der Waals surface area (Å²) in [6.45, 7) is 4.46. The molecule has 86 valence electrons. The Bertz CT molecular complexity index is 346. The molecule has 3 heteroatoms. The number of likely N-dealkylation sites (tertiary alicyclic amines) is 1. The molecule has 1 spiro atoms. The van der Waals surface area contributed by atoms with Crippen LogP contribution < -0.4 is 0 Å². The predicted molar refractivity (Wildman–Crippen MR) is 61.0 cm³/mol. The van der Waals surface area contributed by atoms with E-state index in [1.54, 1.807) is 0 Å². The van der Waals surface area contributed by atoms with Gasteiger partial charge in [0.1, 0.15) is 0 Å². The van der Waals surface area contributed by atoms with Crippen molar-refractivity contribution in [2.75, 3.05) is 26.3 Å².